The van der Waals surface area contributed by atoms with E-state index >= 15 is 0 Å². The van der Waals surface area contributed by atoms with Crippen LogP contribution in [0.25, 0.3) is 10.9 Å². The molecule has 0 spiro atoms. The van der Waals surface area contributed by atoms with Crippen molar-refractivity contribution in [3.05, 3.63) is 30.5 Å². The first-order chi connectivity index (χ1) is 9.60. The second-order valence-corrected chi connectivity index (χ2v) is 11.6. The zero-order chi connectivity index (χ0) is 15.8. The van der Waals surface area contributed by atoms with Gasteiger partial charge in [-0.25, -0.2) is 0 Å². The van der Waals surface area contributed by atoms with Crippen molar-refractivity contribution in [2.24, 2.45) is 0 Å². The van der Waals surface area contributed by atoms with Gasteiger partial charge in [-0.05, 0) is 41.7 Å². The highest BCUT2D eigenvalue weighted by atomic mass is 28.4. The number of hydrogen-bond acceptors (Lipinski definition) is 2. The lowest BCUT2D eigenvalue weighted by Gasteiger charge is -2.36. The van der Waals surface area contributed by atoms with Crippen LogP contribution < -0.4 is 4.43 Å². The minimum atomic E-state index is -1.89. The normalized spacial score (nSPS) is 12.6. The summed E-state index contributed by atoms with van der Waals surface area (Å²) in [6, 6.07) is 7.82. The zero-order valence-corrected chi connectivity index (χ0v) is 14.3. The van der Waals surface area contributed by atoms with Gasteiger partial charge in [0, 0.05) is 12.3 Å². The van der Waals surface area contributed by atoms with Crippen LogP contribution in [0, 0.1) is 0 Å². The lowest BCUT2D eigenvalue weighted by atomic mass is 10.2. The van der Waals surface area contributed by atoms with Crippen molar-refractivity contribution in [3.8, 4) is 5.75 Å². The molecular weight excluding hydrogens is 282 g/mol. The molecule has 1 heterocycles. The highest BCUT2D eigenvalue weighted by Crippen LogP contribution is 2.37. The molecule has 0 unspecified atom stereocenters. The highest BCUT2D eigenvalue weighted by molar-refractivity contribution is 6.74. The predicted octanol–water partition coefficient (Wildman–Crippen LogP) is 4.11. The van der Waals surface area contributed by atoms with E-state index in [9.17, 15) is 4.79 Å². The summed E-state index contributed by atoms with van der Waals surface area (Å²) < 4.78 is 8.01. The van der Waals surface area contributed by atoms with Crippen molar-refractivity contribution in [3.63, 3.8) is 0 Å². The van der Waals surface area contributed by atoms with Crippen LogP contribution in [-0.2, 0) is 11.3 Å². The Morgan fingerprint density at radius 2 is 1.95 bits per heavy atom. The predicted molar refractivity (Wildman–Crippen MR) is 87.4 cm³/mol. The second kappa shape index (κ2) is 5.22. The topological polar surface area (TPSA) is 51.5 Å². The van der Waals surface area contributed by atoms with Gasteiger partial charge in [0.1, 0.15) is 12.3 Å². The van der Waals surface area contributed by atoms with Gasteiger partial charge in [-0.3, -0.25) is 4.79 Å². The lowest BCUT2D eigenvalue weighted by Crippen LogP contribution is -2.43. The fraction of sp³-hybridized carbons (Fsp3) is 0.438. The summed E-state index contributed by atoms with van der Waals surface area (Å²) >= 11 is 0. The molecule has 2 aromatic rings. The van der Waals surface area contributed by atoms with E-state index in [-0.39, 0.29) is 11.6 Å². The number of fused-ring (bicyclic) bond motifs is 1. The molecule has 21 heavy (non-hydrogen) atoms. The van der Waals surface area contributed by atoms with Gasteiger partial charge in [0.25, 0.3) is 0 Å². The fourth-order valence-electron chi connectivity index (χ4n) is 1.96. The highest BCUT2D eigenvalue weighted by Gasteiger charge is 2.38. The molecule has 0 radical (unpaired) electrons. The summed E-state index contributed by atoms with van der Waals surface area (Å²) in [5.74, 6) is -0.0253. The van der Waals surface area contributed by atoms with Crippen molar-refractivity contribution in [1.82, 2.24) is 4.57 Å². The number of carboxylic acid groups (broad SMARTS) is 1. The first kappa shape index (κ1) is 15.6. The molecule has 0 saturated carbocycles. The molecule has 5 heteroatoms. The maximum Gasteiger partial charge on any atom is 0.323 e. The average Bonchev–Trinajstić information content (AvgIpc) is 2.69. The minimum absolute atomic E-state index is 0.0347. The molecule has 0 aliphatic rings. The number of aliphatic carboxylic acids is 1. The Hall–Kier alpha value is -1.75. The molecule has 0 bridgehead atoms. The molecule has 1 aromatic heterocycles. The van der Waals surface area contributed by atoms with E-state index in [2.05, 4.69) is 33.9 Å². The SMILES string of the molecule is CC(C)(C)[Si](C)(C)Oc1ccc2ccn(CC(=O)O)c2c1. The van der Waals surface area contributed by atoms with Crippen molar-refractivity contribution >= 4 is 25.2 Å². The Morgan fingerprint density at radius 1 is 1.29 bits per heavy atom. The third kappa shape index (κ3) is 3.29. The van der Waals surface area contributed by atoms with Crippen LogP contribution >= 0.6 is 0 Å². The summed E-state index contributed by atoms with van der Waals surface area (Å²) in [4.78, 5) is 10.9. The summed E-state index contributed by atoms with van der Waals surface area (Å²) in [6.45, 7) is 11.0. The molecule has 0 aliphatic heterocycles. The van der Waals surface area contributed by atoms with E-state index < -0.39 is 14.3 Å². The van der Waals surface area contributed by atoms with Crippen molar-refractivity contribution in [1.29, 1.82) is 0 Å². The van der Waals surface area contributed by atoms with Gasteiger partial charge in [0.15, 0.2) is 0 Å². The molecule has 1 aromatic carbocycles. The van der Waals surface area contributed by atoms with E-state index in [1.54, 1.807) is 10.8 Å². The number of carboxylic acids is 1. The third-order valence-corrected chi connectivity index (χ3v) is 8.59. The standard InChI is InChI=1S/C16H23NO3Si/c1-16(2,3)21(4,5)20-13-7-6-12-8-9-17(11-15(18)19)14(12)10-13/h6-10H,11H2,1-5H3,(H,18,19). The van der Waals surface area contributed by atoms with Gasteiger partial charge >= 0.3 is 5.97 Å². The van der Waals surface area contributed by atoms with Gasteiger partial charge in [0.05, 0.1) is 5.52 Å². The van der Waals surface area contributed by atoms with E-state index in [1.807, 2.05) is 24.3 Å². The van der Waals surface area contributed by atoms with Crippen molar-refractivity contribution < 1.29 is 14.3 Å². The molecule has 0 amide bonds. The molecule has 114 valence electrons. The van der Waals surface area contributed by atoms with E-state index in [1.165, 1.54) is 0 Å². The smallest absolute Gasteiger partial charge is 0.323 e. The molecule has 4 nitrogen and oxygen atoms in total. The third-order valence-electron chi connectivity index (χ3n) is 4.23. The van der Waals surface area contributed by atoms with Crippen LogP contribution in [0.15, 0.2) is 30.5 Å². The van der Waals surface area contributed by atoms with Crippen LogP contribution in [0.1, 0.15) is 20.8 Å². The summed E-state index contributed by atoms with van der Waals surface area (Å²) in [5.41, 5.74) is 0.897. The Balaban J connectivity index is 2.36. The van der Waals surface area contributed by atoms with Gasteiger partial charge in [-0.2, -0.15) is 0 Å². The maximum absolute atomic E-state index is 10.9. The first-order valence-electron chi connectivity index (χ1n) is 7.10. The largest absolute Gasteiger partial charge is 0.543 e. The molecule has 2 rings (SSSR count). The number of hydrogen-bond donors (Lipinski definition) is 1. The van der Waals surface area contributed by atoms with Gasteiger partial charge in [-0.15, -0.1) is 0 Å². The molecule has 1 N–H and O–H groups in total. The Bertz CT molecular complexity index is 668. The molecule has 0 aliphatic carbocycles. The molecular formula is C16H23NO3Si. The number of benzene rings is 1. The number of rotatable bonds is 4. The van der Waals surface area contributed by atoms with Gasteiger partial charge in [-0.1, -0.05) is 20.8 Å². The number of aromatic nitrogens is 1. The van der Waals surface area contributed by atoms with Crippen LogP contribution in [0.5, 0.6) is 5.75 Å². The summed E-state index contributed by atoms with van der Waals surface area (Å²) in [7, 11) is -1.89. The minimum Gasteiger partial charge on any atom is -0.543 e. The Morgan fingerprint density at radius 3 is 2.52 bits per heavy atom. The Kier molecular flexibility index (Phi) is 3.89. The van der Waals surface area contributed by atoms with Crippen molar-refractivity contribution in [2.45, 2.75) is 45.4 Å². The van der Waals surface area contributed by atoms with Gasteiger partial charge in [0.2, 0.25) is 8.32 Å². The van der Waals surface area contributed by atoms with Crippen LogP contribution in [0.2, 0.25) is 18.1 Å². The second-order valence-electron chi connectivity index (χ2n) is 6.92. The summed E-state index contributed by atoms with van der Waals surface area (Å²) in [6.07, 6.45) is 1.80. The first-order valence-corrected chi connectivity index (χ1v) is 10.0. The van der Waals surface area contributed by atoms with Crippen LogP contribution in [0.4, 0.5) is 0 Å². The van der Waals surface area contributed by atoms with E-state index in [4.69, 9.17) is 9.53 Å². The van der Waals surface area contributed by atoms with Crippen molar-refractivity contribution in [2.75, 3.05) is 0 Å². The quantitative estimate of drug-likeness (QED) is 0.865. The fourth-order valence-corrected chi connectivity index (χ4v) is 2.98. The van der Waals surface area contributed by atoms with E-state index in [0.29, 0.717) is 0 Å². The van der Waals surface area contributed by atoms with E-state index in [0.717, 1.165) is 16.7 Å². The number of carbonyl (C=O) groups is 1. The van der Waals surface area contributed by atoms with Crippen LogP contribution in [0.3, 0.4) is 0 Å². The average molecular weight is 305 g/mol. The van der Waals surface area contributed by atoms with Gasteiger partial charge < -0.3 is 14.1 Å². The monoisotopic (exact) mass is 305 g/mol. The van der Waals surface area contributed by atoms with Crippen LogP contribution in [-0.4, -0.2) is 24.0 Å². The lowest BCUT2D eigenvalue weighted by molar-refractivity contribution is -0.137. The molecule has 0 fully saturated rings. The zero-order valence-electron chi connectivity index (χ0n) is 13.3. The maximum atomic E-state index is 10.9. The molecule has 0 saturated heterocycles. The molecule has 0 atom stereocenters. The number of nitrogens with zero attached hydrogens (tertiary/aromatic N) is 1. The summed E-state index contributed by atoms with van der Waals surface area (Å²) in [5, 5.41) is 10.1. The Labute approximate surface area is 126 Å².